The molecule has 0 unspecified atom stereocenters. The Morgan fingerprint density at radius 2 is 1.81 bits per heavy atom. The first kappa shape index (κ1) is 35.2. The van der Waals surface area contributed by atoms with Gasteiger partial charge in [-0.2, -0.15) is 0 Å². The molecule has 0 bridgehead atoms. The van der Waals surface area contributed by atoms with Crippen LogP contribution in [0.25, 0.3) is 17.2 Å². The summed E-state index contributed by atoms with van der Waals surface area (Å²) in [6, 6.07) is 18.6. The second kappa shape index (κ2) is 17.9. The Balaban J connectivity index is 1.26. The summed E-state index contributed by atoms with van der Waals surface area (Å²) in [5.74, 6) is 2.03. The average Bonchev–Trinajstić information content (AvgIpc) is 3.46. The van der Waals surface area contributed by atoms with Crippen molar-refractivity contribution in [3.05, 3.63) is 90.1 Å². The smallest absolute Gasteiger partial charge is 0.251 e. The molecule has 8 nitrogen and oxygen atoms in total. The van der Waals surface area contributed by atoms with E-state index in [0.717, 1.165) is 90.0 Å². The molecule has 2 aromatic heterocycles. The van der Waals surface area contributed by atoms with Crippen LogP contribution >= 0.6 is 11.8 Å². The number of benzene rings is 2. The Bertz CT molecular complexity index is 1630. The monoisotopic (exact) mass is 667 g/mol. The molecule has 0 atom stereocenters. The Kier molecular flexibility index (Phi) is 13.1. The highest BCUT2D eigenvalue weighted by molar-refractivity contribution is 7.98. The minimum Gasteiger partial charge on any atom is -0.491 e. The Hall–Kier alpha value is -4.08. The number of ether oxygens (including phenoxy) is 2. The molecule has 0 radical (unpaired) electrons. The molecule has 0 saturated heterocycles. The summed E-state index contributed by atoms with van der Waals surface area (Å²) >= 11 is 1.67. The number of aryl methyl sites for hydroxylation is 1. The van der Waals surface area contributed by atoms with Crippen LogP contribution < -0.4 is 15.0 Å². The Morgan fingerprint density at radius 1 is 0.979 bits per heavy atom. The van der Waals surface area contributed by atoms with Gasteiger partial charge in [0, 0.05) is 55.1 Å². The number of fused-ring (bicyclic) bond motifs is 1. The number of rotatable bonds is 17. The second-order valence-corrected chi connectivity index (χ2v) is 13.6. The molecule has 1 N–H and O–H groups in total. The first-order chi connectivity index (χ1) is 23.4. The lowest BCUT2D eigenvalue weighted by Crippen LogP contribution is -2.29. The lowest BCUT2D eigenvalue weighted by Gasteiger charge is -2.27. The third-order valence-corrected chi connectivity index (χ3v) is 9.16. The number of imidazole rings is 1. The molecule has 0 saturated carbocycles. The molecular weight excluding hydrogens is 619 g/mol. The molecule has 0 spiro atoms. The SMILES string of the molecule is CCCCOCCOc1ccc(-c2ccc3c(c2)C=C(C(=O)Nc2ccc(SCc4cncn4CCC)nc2)CCN3CC(C)C)cc1. The largest absolute Gasteiger partial charge is 0.491 e. The summed E-state index contributed by atoms with van der Waals surface area (Å²) in [6.45, 7) is 13.4. The van der Waals surface area contributed by atoms with Gasteiger partial charge in [-0.25, -0.2) is 9.97 Å². The molecule has 9 heteroatoms. The molecule has 3 heterocycles. The summed E-state index contributed by atoms with van der Waals surface area (Å²) < 4.78 is 13.7. The third-order valence-electron chi connectivity index (χ3n) is 8.18. The number of hydrogen-bond acceptors (Lipinski definition) is 7. The van der Waals surface area contributed by atoms with E-state index < -0.39 is 0 Å². The zero-order valence-corrected chi connectivity index (χ0v) is 29.6. The first-order valence-electron chi connectivity index (χ1n) is 17.2. The molecule has 1 aliphatic rings. The van der Waals surface area contributed by atoms with Gasteiger partial charge in [-0.15, -0.1) is 11.8 Å². The van der Waals surface area contributed by atoms with Gasteiger partial charge in [-0.3, -0.25) is 4.79 Å². The molecule has 2 aromatic carbocycles. The van der Waals surface area contributed by atoms with E-state index in [1.165, 1.54) is 5.69 Å². The van der Waals surface area contributed by atoms with Gasteiger partial charge in [0.1, 0.15) is 12.4 Å². The maximum atomic E-state index is 13.6. The van der Waals surface area contributed by atoms with E-state index in [-0.39, 0.29) is 5.91 Å². The number of carbonyl (C=O) groups excluding carboxylic acids is 1. The summed E-state index contributed by atoms with van der Waals surface area (Å²) in [4.78, 5) is 24.9. The van der Waals surface area contributed by atoms with E-state index in [9.17, 15) is 4.79 Å². The van der Waals surface area contributed by atoms with Crippen molar-refractivity contribution in [2.45, 2.75) is 70.7 Å². The molecule has 0 fully saturated rings. The number of pyridine rings is 1. The van der Waals surface area contributed by atoms with Gasteiger partial charge in [-0.1, -0.05) is 52.3 Å². The van der Waals surface area contributed by atoms with E-state index in [0.29, 0.717) is 31.2 Å². The maximum Gasteiger partial charge on any atom is 0.251 e. The van der Waals surface area contributed by atoms with Gasteiger partial charge < -0.3 is 24.3 Å². The molecule has 4 aromatic rings. The van der Waals surface area contributed by atoms with Crippen LogP contribution in [0.1, 0.15) is 64.6 Å². The van der Waals surface area contributed by atoms with Crippen molar-refractivity contribution in [3.63, 3.8) is 0 Å². The molecule has 5 rings (SSSR count). The summed E-state index contributed by atoms with van der Waals surface area (Å²) in [7, 11) is 0. The fourth-order valence-corrected chi connectivity index (χ4v) is 6.53. The lowest BCUT2D eigenvalue weighted by atomic mass is 10.00. The van der Waals surface area contributed by atoms with Crippen LogP contribution in [-0.4, -0.2) is 53.4 Å². The number of hydrogen-bond donors (Lipinski definition) is 1. The van der Waals surface area contributed by atoms with Gasteiger partial charge in [0.05, 0.1) is 29.8 Å². The third kappa shape index (κ3) is 9.97. The number of nitrogens with one attached hydrogen (secondary N) is 1. The van der Waals surface area contributed by atoms with Crippen molar-refractivity contribution in [1.29, 1.82) is 0 Å². The fourth-order valence-electron chi connectivity index (χ4n) is 5.70. The number of amides is 1. The van der Waals surface area contributed by atoms with Crippen molar-refractivity contribution in [1.82, 2.24) is 14.5 Å². The highest BCUT2D eigenvalue weighted by Gasteiger charge is 2.21. The van der Waals surface area contributed by atoms with E-state index in [2.05, 4.69) is 88.9 Å². The number of anilines is 2. The van der Waals surface area contributed by atoms with Crippen LogP contribution in [-0.2, 0) is 21.8 Å². The van der Waals surface area contributed by atoms with Crippen molar-refractivity contribution < 1.29 is 14.3 Å². The van der Waals surface area contributed by atoms with Gasteiger partial charge in [0.15, 0.2) is 0 Å². The fraction of sp³-hybridized carbons (Fsp3) is 0.410. The standard InChI is InChI=1S/C39H49N5O3S/c1-5-7-19-46-20-21-47-36-12-8-30(9-13-36)31-10-14-37-33(22-31)23-32(16-18-43(37)26-29(3)4)39(45)42-34-11-15-38(41-24-34)48-27-35-25-40-28-44(35)17-6-2/h8-15,22-25,28-29H,5-7,16-21,26-27H2,1-4H3,(H,42,45). The summed E-state index contributed by atoms with van der Waals surface area (Å²) in [6.07, 6.45) is 11.5. The minimum atomic E-state index is -0.0939. The van der Waals surface area contributed by atoms with E-state index in [1.54, 1.807) is 18.0 Å². The number of thioether (sulfide) groups is 1. The lowest BCUT2D eigenvalue weighted by molar-refractivity contribution is -0.112. The zero-order valence-electron chi connectivity index (χ0n) is 28.8. The highest BCUT2D eigenvalue weighted by Crippen LogP contribution is 2.34. The number of nitrogens with zero attached hydrogens (tertiary/aromatic N) is 4. The van der Waals surface area contributed by atoms with Crippen molar-refractivity contribution in [2.24, 2.45) is 5.92 Å². The minimum absolute atomic E-state index is 0.0939. The van der Waals surface area contributed by atoms with E-state index in [1.807, 2.05) is 36.8 Å². The molecule has 1 amide bonds. The predicted octanol–water partition coefficient (Wildman–Crippen LogP) is 8.73. The van der Waals surface area contributed by atoms with Crippen molar-refractivity contribution in [2.75, 3.05) is 43.1 Å². The van der Waals surface area contributed by atoms with Crippen LogP contribution in [0.5, 0.6) is 5.75 Å². The van der Waals surface area contributed by atoms with Crippen molar-refractivity contribution >= 4 is 35.1 Å². The van der Waals surface area contributed by atoms with Crippen LogP contribution in [0, 0.1) is 5.92 Å². The van der Waals surface area contributed by atoms with Gasteiger partial charge >= 0.3 is 0 Å². The summed E-state index contributed by atoms with van der Waals surface area (Å²) in [5, 5.41) is 4.01. The Morgan fingerprint density at radius 3 is 2.56 bits per heavy atom. The van der Waals surface area contributed by atoms with Gasteiger partial charge in [-0.05, 0) is 84.3 Å². The van der Waals surface area contributed by atoms with Crippen molar-refractivity contribution in [3.8, 4) is 16.9 Å². The summed E-state index contributed by atoms with van der Waals surface area (Å²) in [5.41, 5.74) is 7.03. The zero-order chi connectivity index (χ0) is 33.7. The molecule has 0 aliphatic carbocycles. The predicted molar refractivity (Wildman–Crippen MR) is 198 cm³/mol. The Labute approximate surface area is 290 Å². The maximum absolute atomic E-state index is 13.6. The van der Waals surface area contributed by atoms with Crippen LogP contribution in [0.4, 0.5) is 11.4 Å². The molecule has 254 valence electrons. The molecule has 48 heavy (non-hydrogen) atoms. The quantitative estimate of drug-likeness (QED) is 0.0891. The van der Waals surface area contributed by atoms with Crippen LogP contribution in [0.3, 0.4) is 0 Å². The van der Waals surface area contributed by atoms with E-state index >= 15 is 0 Å². The van der Waals surface area contributed by atoms with Crippen LogP contribution in [0.2, 0.25) is 0 Å². The van der Waals surface area contributed by atoms with E-state index in [4.69, 9.17) is 9.47 Å². The highest BCUT2D eigenvalue weighted by atomic mass is 32.2. The number of aromatic nitrogens is 3. The molecule has 1 aliphatic heterocycles. The normalized spacial score (nSPS) is 12.9. The second-order valence-electron chi connectivity index (χ2n) is 12.6. The topological polar surface area (TPSA) is 81.5 Å². The number of carbonyl (C=O) groups is 1. The molecular formula is C39H49N5O3S. The van der Waals surface area contributed by atoms with Crippen LogP contribution in [0.15, 0.2) is 83.9 Å². The van der Waals surface area contributed by atoms with Gasteiger partial charge in [0.25, 0.3) is 5.91 Å². The number of unbranched alkanes of at least 4 members (excludes halogenated alkanes) is 1. The van der Waals surface area contributed by atoms with Gasteiger partial charge in [0.2, 0.25) is 0 Å². The average molecular weight is 668 g/mol. The first-order valence-corrected chi connectivity index (χ1v) is 18.2.